The minimum atomic E-state index is -0.0631. The van der Waals surface area contributed by atoms with E-state index in [9.17, 15) is 4.79 Å². The van der Waals surface area contributed by atoms with E-state index >= 15 is 0 Å². The van der Waals surface area contributed by atoms with Gasteiger partial charge in [0.1, 0.15) is 0 Å². The van der Waals surface area contributed by atoms with Gasteiger partial charge in [0.25, 0.3) is 5.91 Å². The van der Waals surface area contributed by atoms with Crippen LogP contribution >= 0.6 is 11.3 Å². The molecule has 1 atom stereocenters. The molecule has 0 spiro atoms. The van der Waals surface area contributed by atoms with Crippen molar-refractivity contribution in [1.82, 2.24) is 9.88 Å². The molecule has 0 radical (unpaired) electrons. The van der Waals surface area contributed by atoms with Crippen molar-refractivity contribution in [2.45, 2.75) is 18.9 Å². The van der Waals surface area contributed by atoms with Crippen molar-refractivity contribution in [2.24, 2.45) is 0 Å². The van der Waals surface area contributed by atoms with E-state index in [-0.39, 0.29) is 11.9 Å². The van der Waals surface area contributed by atoms with Crippen LogP contribution in [0.3, 0.4) is 0 Å². The first kappa shape index (κ1) is 12.2. The molecule has 3 heterocycles. The normalized spacial score (nSPS) is 18.7. The highest BCUT2D eigenvalue weighted by atomic mass is 32.1. The predicted octanol–water partition coefficient (Wildman–Crippen LogP) is 2.70. The molecule has 2 N–H and O–H groups in total. The number of likely N-dealkylation sites (tertiary alicyclic amines) is 1. The van der Waals surface area contributed by atoms with Gasteiger partial charge in [0.2, 0.25) is 0 Å². The van der Waals surface area contributed by atoms with Crippen molar-refractivity contribution >= 4 is 22.9 Å². The van der Waals surface area contributed by atoms with Gasteiger partial charge in [-0.15, -0.1) is 0 Å². The van der Waals surface area contributed by atoms with Crippen molar-refractivity contribution in [1.29, 1.82) is 0 Å². The second-order valence-electron chi connectivity index (χ2n) is 4.65. The van der Waals surface area contributed by atoms with Crippen LogP contribution in [-0.2, 0) is 0 Å². The Morgan fingerprint density at radius 1 is 1.47 bits per heavy atom. The van der Waals surface area contributed by atoms with E-state index in [0.717, 1.165) is 19.4 Å². The van der Waals surface area contributed by atoms with Gasteiger partial charge < -0.3 is 10.6 Å². The van der Waals surface area contributed by atoms with E-state index in [1.165, 1.54) is 5.56 Å². The highest BCUT2D eigenvalue weighted by molar-refractivity contribution is 7.07. The summed E-state index contributed by atoms with van der Waals surface area (Å²) in [6.45, 7) is 0.773. The van der Waals surface area contributed by atoms with Gasteiger partial charge in [-0.3, -0.25) is 4.79 Å². The van der Waals surface area contributed by atoms with Crippen LogP contribution in [0.25, 0.3) is 0 Å². The van der Waals surface area contributed by atoms with Gasteiger partial charge in [-0.25, -0.2) is 4.98 Å². The van der Waals surface area contributed by atoms with Crippen LogP contribution in [0.4, 0.5) is 5.69 Å². The molecular weight excluding hydrogens is 258 g/mol. The predicted molar refractivity (Wildman–Crippen MR) is 76.0 cm³/mol. The maximum Gasteiger partial charge on any atom is 0.275 e. The SMILES string of the molecule is Nc1cccnc1C(=O)N1CCCC1c1ccsc1. The molecule has 1 aliphatic heterocycles. The van der Waals surface area contributed by atoms with E-state index in [0.29, 0.717) is 11.4 Å². The molecule has 2 aromatic rings. The van der Waals surface area contributed by atoms with Gasteiger partial charge >= 0.3 is 0 Å². The van der Waals surface area contributed by atoms with E-state index in [2.05, 4.69) is 16.4 Å². The minimum Gasteiger partial charge on any atom is -0.397 e. The van der Waals surface area contributed by atoms with Gasteiger partial charge in [0, 0.05) is 12.7 Å². The molecule has 0 aromatic carbocycles. The maximum absolute atomic E-state index is 12.6. The van der Waals surface area contributed by atoms with Crippen molar-refractivity contribution in [3.8, 4) is 0 Å². The van der Waals surface area contributed by atoms with Gasteiger partial charge in [0.05, 0.1) is 11.7 Å². The van der Waals surface area contributed by atoms with Crippen molar-refractivity contribution < 1.29 is 4.79 Å². The van der Waals surface area contributed by atoms with E-state index in [1.807, 2.05) is 10.3 Å². The van der Waals surface area contributed by atoms with E-state index in [4.69, 9.17) is 5.73 Å². The summed E-state index contributed by atoms with van der Waals surface area (Å²) >= 11 is 1.66. The largest absolute Gasteiger partial charge is 0.397 e. The summed E-state index contributed by atoms with van der Waals surface area (Å²) in [5, 5.41) is 4.16. The van der Waals surface area contributed by atoms with E-state index < -0.39 is 0 Å². The van der Waals surface area contributed by atoms with Gasteiger partial charge in [-0.05, 0) is 47.4 Å². The first-order valence-electron chi connectivity index (χ1n) is 6.31. The average molecular weight is 273 g/mol. The molecular formula is C14H15N3OS. The number of amides is 1. The van der Waals surface area contributed by atoms with E-state index in [1.54, 1.807) is 29.7 Å². The molecule has 0 bridgehead atoms. The average Bonchev–Trinajstić information content (AvgIpc) is 3.09. The lowest BCUT2D eigenvalue weighted by atomic mass is 10.1. The summed E-state index contributed by atoms with van der Waals surface area (Å²) in [5.41, 5.74) is 7.87. The molecule has 4 nitrogen and oxygen atoms in total. The van der Waals surface area contributed by atoms with Crippen molar-refractivity contribution in [3.63, 3.8) is 0 Å². The molecule has 5 heteroatoms. The lowest BCUT2D eigenvalue weighted by Crippen LogP contribution is -2.31. The third kappa shape index (κ3) is 2.21. The number of carbonyl (C=O) groups excluding carboxylic acids is 1. The number of pyridine rings is 1. The summed E-state index contributed by atoms with van der Waals surface area (Å²) in [6, 6.07) is 5.71. The first-order chi connectivity index (χ1) is 9.27. The molecule has 1 aliphatic rings. The molecule has 2 aromatic heterocycles. The Labute approximate surface area is 115 Å². The Kier molecular flexibility index (Phi) is 3.21. The molecule has 0 aliphatic carbocycles. The van der Waals surface area contributed by atoms with Gasteiger partial charge in [-0.1, -0.05) is 0 Å². The van der Waals surface area contributed by atoms with Crippen LogP contribution in [0.2, 0.25) is 0 Å². The molecule has 1 saturated heterocycles. The number of anilines is 1. The van der Waals surface area contributed by atoms with Crippen LogP contribution in [0.15, 0.2) is 35.2 Å². The Balaban J connectivity index is 1.89. The van der Waals surface area contributed by atoms with Crippen LogP contribution in [0.5, 0.6) is 0 Å². The monoisotopic (exact) mass is 273 g/mol. The third-order valence-electron chi connectivity index (χ3n) is 3.48. The quantitative estimate of drug-likeness (QED) is 0.915. The number of nitrogens with two attached hydrogens (primary N) is 1. The standard InChI is InChI=1S/C14H15N3OS/c15-11-3-1-6-16-13(11)14(18)17-7-2-4-12(17)10-5-8-19-9-10/h1,3,5-6,8-9,12H,2,4,7,15H2. The Hall–Kier alpha value is -1.88. The summed E-state index contributed by atoms with van der Waals surface area (Å²) in [4.78, 5) is 18.6. The Morgan fingerprint density at radius 3 is 3.11 bits per heavy atom. The Bertz CT molecular complexity index is 582. The van der Waals surface area contributed by atoms with Crippen LogP contribution in [-0.4, -0.2) is 22.3 Å². The zero-order chi connectivity index (χ0) is 13.2. The summed E-state index contributed by atoms with van der Waals surface area (Å²) < 4.78 is 0. The zero-order valence-electron chi connectivity index (χ0n) is 10.5. The molecule has 0 saturated carbocycles. The highest BCUT2D eigenvalue weighted by Crippen LogP contribution is 2.34. The number of rotatable bonds is 2. The van der Waals surface area contributed by atoms with Crippen molar-refractivity contribution in [2.75, 3.05) is 12.3 Å². The van der Waals surface area contributed by atoms with Crippen LogP contribution in [0, 0.1) is 0 Å². The smallest absolute Gasteiger partial charge is 0.275 e. The number of hydrogen-bond donors (Lipinski definition) is 1. The molecule has 98 valence electrons. The fourth-order valence-electron chi connectivity index (χ4n) is 2.55. The molecule has 3 rings (SSSR count). The summed E-state index contributed by atoms with van der Waals surface area (Å²) in [7, 11) is 0. The number of carbonyl (C=O) groups is 1. The fourth-order valence-corrected chi connectivity index (χ4v) is 3.26. The van der Waals surface area contributed by atoms with Crippen molar-refractivity contribution in [3.05, 3.63) is 46.4 Å². The number of nitrogens with zero attached hydrogens (tertiary/aromatic N) is 2. The summed E-state index contributed by atoms with van der Waals surface area (Å²) in [6.07, 6.45) is 3.65. The molecule has 19 heavy (non-hydrogen) atoms. The molecule has 1 unspecified atom stereocenters. The number of hydrogen-bond acceptors (Lipinski definition) is 4. The molecule has 1 fully saturated rings. The minimum absolute atomic E-state index is 0.0631. The number of nitrogen functional groups attached to an aromatic ring is 1. The topological polar surface area (TPSA) is 59.2 Å². The fraction of sp³-hybridized carbons (Fsp3) is 0.286. The Morgan fingerprint density at radius 2 is 2.37 bits per heavy atom. The first-order valence-corrected chi connectivity index (χ1v) is 7.25. The summed E-state index contributed by atoms with van der Waals surface area (Å²) in [5.74, 6) is -0.0631. The maximum atomic E-state index is 12.6. The van der Waals surface area contributed by atoms with Gasteiger partial charge in [0.15, 0.2) is 5.69 Å². The molecule has 1 amide bonds. The third-order valence-corrected chi connectivity index (χ3v) is 4.18. The number of thiophene rings is 1. The number of aromatic nitrogens is 1. The zero-order valence-corrected chi connectivity index (χ0v) is 11.3. The lowest BCUT2D eigenvalue weighted by molar-refractivity contribution is 0.0731. The van der Waals surface area contributed by atoms with Crippen LogP contribution in [0.1, 0.15) is 34.9 Å². The second-order valence-corrected chi connectivity index (χ2v) is 5.43. The lowest BCUT2D eigenvalue weighted by Gasteiger charge is -2.24. The highest BCUT2D eigenvalue weighted by Gasteiger charge is 2.32. The van der Waals surface area contributed by atoms with Gasteiger partial charge in [-0.2, -0.15) is 11.3 Å². The van der Waals surface area contributed by atoms with Crippen LogP contribution < -0.4 is 5.73 Å². The second kappa shape index (κ2) is 5.01.